The maximum absolute atomic E-state index is 13.8. The molecule has 0 aromatic heterocycles. The summed E-state index contributed by atoms with van der Waals surface area (Å²) in [5.74, 6) is -3.22. The summed E-state index contributed by atoms with van der Waals surface area (Å²) in [6, 6.07) is 5.62. The van der Waals surface area contributed by atoms with Crippen LogP contribution >= 0.6 is 27.5 Å². The zero-order valence-corrected chi connectivity index (χ0v) is 13.0. The summed E-state index contributed by atoms with van der Waals surface area (Å²) < 4.78 is 40.7. The van der Waals surface area contributed by atoms with E-state index in [1.807, 2.05) is 0 Å². The monoisotopic (exact) mass is 378 g/mol. The van der Waals surface area contributed by atoms with Crippen molar-refractivity contribution >= 4 is 33.2 Å². The molecule has 0 fully saturated rings. The first-order valence-corrected chi connectivity index (χ1v) is 7.15. The molecule has 0 amide bonds. The zero-order chi connectivity index (χ0) is 15.6. The lowest BCUT2D eigenvalue weighted by molar-refractivity contribution is 0.486. The van der Waals surface area contributed by atoms with Crippen LogP contribution in [-0.2, 0) is 0 Å². The molecule has 0 bridgehead atoms. The summed E-state index contributed by atoms with van der Waals surface area (Å²) in [7, 11) is 0. The van der Waals surface area contributed by atoms with Crippen LogP contribution in [0, 0.1) is 17.5 Å². The third-order valence-corrected chi connectivity index (χ3v) is 4.14. The van der Waals surface area contributed by atoms with Crippen LogP contribution in [0.4, 0.5) is 18.9 Å². The van der Waals surface area contributed by atoms with E-state index in [1.54, 1.807) is 18.2 Å². The van der Waals surface area contributed by atoms with E-state index in [1.165, 1.54) is 0 Å². The maximum atomic E-state index is 13.8. The van der Waals surface area contributed by atoms with Crippen LogP contribution in [0.5, 0.6) is 0 Å². The van der Waals surface area contributed by atoms with Crippen LogP contribution in [0.1, 0.15) is 11.6 Å². The fourth-order valence-corrected chi connectivity index (χ4v) is 2.28. The minimum atomic E-state index is -1.24. The van der Waals surface area contributed by atoms with Crippen molar-refractivity contribution in [2.24, 2.45) is 5.73 Å². The standard InChI is InChI=1S/C14H11BrClF3N2/c15-9-2-1-7(3-10(9)16)21-14(6-20)8-4-12(18)13(19)5-11(8)17/h1-5,14,21H,6,20H2. The van der Waals surface area contributed by atoms with Crippen molar-refractivity contribution in [2.45, 2.75) is 6.04 Å². The van der Waals surface area contributed by atoms with Crippen LogP contribution in [0.15, 0.2) is 34.8 Å². The average Bonchev–Trinajstić information content (AvgIpc) is 2.44. The number of nitrogens with two attached hydrogens (primary N) is 1. The number of benzene rings is 2. The third kappa shape index (κ3) is 3.70. The lowest BCUT2D eigenvalue weighted by Crippen LogP contribution is -2.22. The number of hydrogen-bond donors (Lipinski definition) is 2. The van der Waals surface area contributed by atoms with Gasteiger partial charge in [-0.3, -0.25) is 0 Å². The van der Waals surface area contributed by atoms with E-state index < -0.39 is 23.5 Å². The zero-order valence-electron chi connectivity index (χ0n) is 10.6. The summed E-state index contributed by atoms with van der Waals surface area (Å²) in [5, 5.41) is 3.40. The van der Waals surface area contributed by atoms with E-state index >= 15 is 0 Å². The molecule has 7 heteroatoms. The molecule has 0 heterocycles. The van der Waals surface area contributed by atoms with Gasteiger partial charge in [-0.1, -0.05) is 11.6 Å². The molecular weight excluding hydrogens is 369 g/mol. The summed E-state index contributed by atoms with van der Waals surface area (Å²) >= 11 is 9.21. The van der Waals surface area contributed by atoms with Crippen LogP contribution in [0.25, 0.3) is 0 Å². The van der Waals surface area contributed by atoms with Crippen molar-refractivity contribution in [2.75, 3.05) is 11.9 Å². The molecule has 2 aromatic rings. The van der Waals surface area contributed by atoms with Crippen molar-refractivity contribution in [1.29, 1.82) is 0 Å². The molecule has 0 radical (unpaired) electrons. The molecule has 2 nitrogen and oxygen atoms in total. The second kappa shape index (κ2) is 6.68. The largest absolute Gasteiger partial charge is 0.377 e. The normalized spacial score (nSPS) is 12.3. The Morgan fingerprint density at radius 3 is 2.38 bits per heavy atom. The Kier molecular flexibility index (Phi) is 5.13. The van der Waals surface area contributed by atoms with Crippen LogP contribution in [0.2, 0.25) is 5.02 Å². The first-order chi connectivity index (χ1) is 9.92. The topological polar surface area (TPSA) is 38.0 Å². The molecule has 0 aliphatic heterocycles. The van der Waals surface area contributed by atoms with Gasteiger partial charge >= 0.3 is 0 Å². The van der Waals surface area contributed by atoms with Crippen molar-refractivity contribution in [3.63, 3.8) is 0 Å². The number of halogens is 5. The van der Waals surface area contributed by atoms with Crippen molar-refractivity contribution in [3.8, 4) is 0 Å². The molecule has 2 aromatic carbocycles. The highest BCUT2D eigenvalue weighted by atomic mass is 79.9. The van der Waals surface area contributed by atoms with Crippen LogP contribution < -0.4 is 11.1 Å². The highest BCUT2D eigenvalue weighted by Gasteiger charge is 2.18. The molecule has 0 aliphatic rings. The summed E-state index contributed by atoms with van der Waals surface area (Å²) in [5.41, 5.74) is 6.13. The van der Waals surface area contributed by atoms with E-state index in [0.29, 0.717) is 21.2 Å². The fraction of sp³-hybridized carbons (Fsp3) is 0.143. The summed E-state index contributed by atoms with van der Waals surface area (Å²) in [4.78, 5) is 0. The van der Waals surface area contributed by atoms with Gasteiger partial charge in [0.15, 0.2) is 11.6 Å². The molecule has 0 saturated heterocycles. The molecule has 112 valence electrons. The molecule has 21 heavy (non-hydrogen) atoms. The van der Waals surface area contributed by atoms with Crippen LogP contribution in [0.3, 0.4) is 0 Å². The van der Waals surface area contributed by atoms with E-state index in [0.717, 1.165) is 6.07 Å². The number of hydrogen-bond acceptors (Lipinski definition) is 2. The van der Waals surface area contributed by atoms with Gasteiger partial charge in [-0.2, -0.15) is 0 Å². The van der Waals surface area contributed by atoms with E-state index in [9.17, 15) is 13.2 Å². The second-order valence-electron chi connectivity index (χ2n) is 4.35. The molecule has 1 unspecified atom stereocenters. The Morgan fingerprint density at radius 2 is 1.76 bits per heavy atom. The fourth-order valence-electron chi connectivity index (χ4n) is 1.86. The van der Waals surface area contributed by atoms with Crippen molar-refractivity contribution < 1.29 is 13.2 Å². The Balaban J connectivity index is 2.31. The third-order valence-electron chi connectivity index (χ3n) is 2.91. The SMILES string of the molecule is NCC(Nc1ccc(Br)c(Cl)c1)c1cc(F)c(F)cc1F. The number of rotatable bonds is 4. The maximum Gasteiger partial charge on any atom is 0.161 e. The van der Waals surface area contributed by atoms with E-state index in [-0.39, 0.29) is 12.1 Å². The first kappa shape index (κ1) is 16.1. The molecule has 0 aliphatic carbocycles. The highest BCUT2D eigenvalue weighted by Crippen LogP contribution is 2.28. The Labute approximate surface area is 133 Å². The van der Waals surface area contributed by atoms with Gasteiger partial charge < -0.3 is 11.1 Å². The van der Waals surface area contributed by atoms with E-state index in [4.69, 9.17) is 17.3 Å². The van der Waals surface area contributed by atoms with Gasteiger partial charge in [0, 0.05) is 28.3 Å². The number of nitrogens with one attached hydrogen (secondary N) is 1. The summed E-state index contributed by atoms with van der Waals surface area (Å²) in [6.07, 6.45) is 0. The van der Waals surface area contributed by atoms with Gasteiger partial charge in [-0.05, 0) is 40.2 Å². The lowest BCUT2D eigenvalue weighted by Gasteiger charge is -2.20. The van der Waals surface area contributed by atoms with Gasteiger partial charge in [0.1, 0.15) is 5.82 Å². The smallest absolute Gasteiger partial charge is 0.161 e. The first-order valence-electron chi connectivity index (χ1n) is 5.98. The predicted octanol–water partition coefficient (Wildman–Crippen LogP) is 4.63. The minimum absolute atomic E-state index is 0.00429. The van der Waals surface area contributed by atoms with Gasteiger partial charge in [0.05, 0.1) is 11.1 Å². The molecular formula is C14H11BrClF3N2. The van der Waals surface area contributed by atoms with Gasteiger partial charge in [0.2, 0.25) is 0 Å². The molecule has 3 N–H and O–H groups in total. The van der Waals surface area contributed by atoms with Gasteiger partial charge in [0.25, 0.3) is 0 Å². The minimum Gasteiger partial charge on any atom is -0.377 e. The summed E-state index contributed by atoms with van der Waals surface area (Å²) in [6.45, 7) is -0.00429. The molecule has 0 saturated carbocycles. The predicted molar refractivity (Wildman–Crippen MR) is 80.9 cm³/mol. The molecule has 1 atom stereocenters. The van der Waals surface area contributed by atoms with Crippen LogP contribution in [-0.4, -0.2) is 6.54 Å². The number of anilines is 1. The van der Waals surface area contributed by atoms with Crippen molar-refractivity contribution in [3.05, 3.63) is 62.8 Å². The lowest BCUT2D eigenvalue weighted by atomic mass is 10.1. The van der Waals surface area contributed by atoms with Gasteiger partial charge in [-0.25, -0.2) is 13.2 Å². The Morgan fingerprint density at radius 1 is 1.10 bits per heavy atom. The quantitative estimate of drug-likeness (QED) is 0.760. The van der Waals surface area contributed by atoms with E-state index in [2.05, 4.69) is 21.2 Å². The molecule has 0 spiro atoms. The second-order valence-corrected chi connectivity index (χ2v) is 5.61. The Hall–Kier alpha value is -1.24. The highest BCUT2D eigenvalue weighted by molar-refractivity contribution is 9.10. The Bertz CT molecular complexity index is 667. The average molecular weight is 380 g/mol. The van der Waals surface area contributed by atoms with Gasteiger partial charge in [-0.15, -0.1) is 0 Å². The van der Waals surface area contributed by atoms with Crippen molar-refractivity contribution in [1.82, 2.24) is 0 Å². The molecule has 2 rings (SSSR count).